The molecule has 1 aromatic carbocycles. The molecule has 0 radical (unpaired) electrons. The maximum atomic E-state index is 11.8. The Hall–Kier alpha value is -1.42. The predicted octanol–water partition coefficient (Wildman–Crippen LogP) is 2.36. The number of rotatable bonds is 6. The molecule has 9 heteroatoms. The summed E-state index contributed by atoms with van der Waals surface area (Å²) in [6, 6.07) is 7.98. The first kappa shape index (κ1) is 17.9. The summed E-state index contributed by atoms with van der Waals surface area (Å²) in [7, 11) is -2.02. The molecule has 124 valence electrons. The summed E-state index contributed by atoms with van der Waals surface area (Å²) in [5.41, 5.74) is 1.74. The molecule has 0 saturated carbocycles. The maximum Gasteiger partial charge on any atom is 0.241 e. The SMILES string of the molecule is CSc1ccc(-c2csc(NC(=O)CN(C)S(C)(=O)=O)n2)cc1. The number of anilines is 1. The van der Waals surface area contributed by atoms with Crippen molar-refractivity contribution in [2.75, 3.05) is 31.4 Å². The molecule has 1 N–H and O–H groups in total. The number of amides is 1. The van der Waals surface area contributed by atoms with E-state index in [1.807, 2.05) is 35.9 Å². The summed E-state index contributed by atoms with van der Waals surface area (Å²) in [5.74, 6) is -0.420. The third kappa shape index (κ3) is 5.03. The third-order valence-electron chi connectivity index (χ3n) is 3.07. The summed E-state index contributed by atoms with van der Waals surface area (Å²) < 4.78 is 23.6. The molecular weight excluding hydrogens is 354 g/mol. The van der Waals surface area contributed by atoms with E-state index in [2.05, 4.69) is 10.3 Å². The molecular formula is C14H17N3O3S3. The van der Waals surface area contributed by atoms with Gasteiger partial charge in [0, 0.05) is 22.9 Å². The zero-order chi connectivity index (χ0) is 17.0. The number of sulfonamides is 1. The normalized spacial score (nSPS) is 11.7. The number of likely N-dealkylation sites (N-methyl/N-ethyl adjacent to an activating group) is 1. The highest BCUT2D eigenvalue weighted by Gasteiger charge is 2.16. The van der Waals surface area contributed by atoms with Crippen molar-refractivity contribution in [3.63, 3.8) is 0 Å². The largest absolute Gasteiger partial charge is 0.301 e. The van der Waals surface area contributed by atoms with Gasteiger partial charge >= 0.3 is 0 Å². The average Bonchev–Trinajstić information content (AvgIpc) is 2.94. The molecule has 2 aromatic rings. The molecule has 0 bridgehead atoms. The molecule has 0 spiro atoms. The topological polar surface area (TPSA) is 79.4 Å². The fourth-order valence-corrected chi connectivity index (χ4v) is 3.20. The molecule has 0 unspecified atom stereocenters. The Balaban J connectivity index is 2.03. The number of carbonyl (C=O) groups excluding carboxylic acids is 1. The Morgan fingerprint density at radius 3 is 2.57 bits per heavy atom. The zero-order valence-electron chi connectivity index (χ0n) is 12.9. The van der Waals surface area contributed by atoms with E-state index >= 15 is 0 Å². The molecule has 1 heterocycles. The van der Waals surface area contributed by atoms with Crippen LogP contribution < -0.4 is 5.32 Å². The quantitative estimate of drug-likeness (QED) is 0.789. The van der Waals surface area contributed by atoms with Gasteiger partial charge in [-0.05, 0) is 18.4 Å². The number of thiazole rings is 1. The second kappa shape index (κ2) is 7.43. The molecule has 6 nitrogen and oxygen atoms in total. The summed E-state index contributed by atoms with van der Waals surface area (Å²) >= 11 is 2.97. The molecule has 1 amide bonds. The van der Waals surface area contributed by atoms with E-state index in [9.17, 15) is 13.2 Å². The van der Waals surface area contributed by atoms with Gasteiger partial charge in [-0.25, -0.2) is 13.4 Å². The lowest BCUT2D eigenvalue weighted by molar-refractivity contribution is -0.116. The van der Waals surface area contributed by atoms with Crippen molar-refractivity contribution in [3.8, 4) is 11.3 Å². The fourth-order valence-electron chi connectivity index (χ4n) is 1.70. The Kier molecular flexibility index (Phi) is 5.79. The molecule has 0 fully saturated rings. The smallest absolute Gasteiger partial charge is 0.241 e. The van der Waals surface area contributed by atoms with Crippen LogP contribution in [0, 0.1) is 0 Å². The van der Waals surface area contributed by atoms with Crippen LogP contribution in [0.3, 0.4) is 0 Å². The van der Waals surface area contributed by atoms with Crippen LogP contribution in [0.4, 0.5) is 5.13 Å². The first-order valence-corrected chi connectivity index (χ1v) is 10.6. The van der Waals surface area contributed by atoms with Crippen molar-refractivity contribution in [1.82, 2.24) is 9.29 Å². The molecule has 0 atom stereocenters. The van der Waals surface area contributed by atoms with Crippen molar-refractivity contribution in [2.45, 2.75) is 4.90 Å². The van der Waals surface area contributed by atoms with Gasteiger partial charge in [-0.15, -0.1) is 23.1 Å². The number of benzene rings is 1. The van der Waals surface area contributed by atoms with Crippen molar-refractivity contribution in [2.24, 2.45) is 0 Å². The van der Waals surface area contributed by atoms with E-state index < -0.39 is 15.9 Å². The molecule has 0 saturated heterocycles. The number of hydrogen-bond donors (Lipinski definition) is 1. The Labute approximate surface area is 144 Å². The van der Waals surface area contributed by atoms with Crippen LogP contribution in [0.1, 0.15) is 0 Å². The summed E-state index contributed by atoms with van der Waals surface area (Å²) in [4.78, 5) is 17.4. The number of thioether (sulfide) groups is 1. The Bertz CT molecular complexity index is 785. The fraction of sp³-hybridized carbons (Fsp3) is 0.286. The van der Waals surface area contributed by atoms with Crippen LogP contribution in [0.15, 0.2) is 34.5 Å². The van der Waals surface area contributed by atoms with Crippen LogP contribution in [-0.4, -0.2) is 49.7 Å². The van der Waals surface area contributed by atoms with Gasteiger partial charge in [0.15, 0.2) is 5.13 Å². The van der Waals surface area contributed by atoms with Crippen molar-refractivity contribution in [3.05, 3.63) is 29.6 Å². The average molecular weight is 372 g/mol. The molecule has 2 rings (SSSR count). The lowest BCUT2D eigenvalue weighted by atomic mass is 10.2. The lowest BCUT2D eigenvalue weighted by Gasteiger charge is -2.12. The Morgan fingerprint density at radius 1 is 1.35 bits per heavy atom. The molecule has 0 aliphatic rings. The minimum atomic E-state index is -3.38. The second-order valence-electron chi connectivity index (χ2n) is 4.83. The van der Waals surface area contributed by atoms with Gasteiger partial charge in [0.1, 0.15) is 0 Å². The van der Waals surface area contributed by atoms with Crippen molar-refractivity contribution >= 4 is 44.2 Å². The van der Waals surface area contributed by atoms with E-state index in [4.69, 9.17) is 0 Å². The summed E-state index contributed by atoms with van der Waals surface area (Å²) in [5, 5.41) is 4.91. The van der Waals surface area contributed by atoms with E-state index in [0.717, 1.165) is 21.8 Å². The van der Waals surface area contributed by atoms with Crippen molar-refractivity contribution in [1.29, 1.82) is 0 Å². The van der Waals surface area contributed by atoms with Gasteiger partial charge in [-0.3, -0.25) is 4.79 Å². The number of hydrogen-bond acceptors (Lipinski definition) is 6. The lowest BCUT2D eigenvalue weighted by Crippen LogP contribution is -2.34. The first-order chi connectivity index (χ1) is 10.8. The number of nitrogens with one attached hydrogen (secondary N) is 1. The maximum absolute atomic E-state index is 11.8. The third-order valence-corrected chi connectivity index (χ3v) is 5.83. The summed E-state index contributed by atoms with van der Waals surface area (Å²) in [6.07, 6.45) is 3.07. The van der Waals surface area contributed by atoms with Crippen LogP contribution in [0.5, 0.6) is 0 Å². The predicted molar refractivity (Wildman–Crippen MR) is 95.4 cm³/mol. The highest BCUT2D eigenvalue weighted by molar-refractivity contribution is 7.98. The number of nitrogens with zero attached hydrogens (tertiary/aromatic N) is 2. The van der Waals surface area contributed by atoms with E-state index in [0.29, 0.717) is 5.13 Å². The molecule has 0 aliphatic heterocycles. The highest BCUT2D eigenvalue weighted by Crippen LogP contribution is 2.26. The van der Waals surface area contributed by atoms with Crippen molar-refractivity contribution < 1.29 is 13.2 Å². The van der Waals surface area contributed by atoms with E-state index in [1.165, 1.54) is 23.3 Å². The standard InChI is InChI=1S/C14H17N3O3S3/c1-17(23(3,19)20)8-13(18)16-14-15-12(9-22-14)10-4-6-11(21-2)7-5-10/h4-7,9H,8H2,1-3H3,(H,15,16,18). The van der Waals surface area contributed by atoms with Gasteiger partial charge in [0.2, 0.25) is 15.9 Å². The van der Waals surface area contributed by atoms with Crippen LogP contribution in [0.2, 0.25) is 0 Å². The van der Waals surface area contributed by atoms with Crippen LogP contribution >= 0.6 is 23.1 Å². The second-order valence-corrected chi connectivity index (χ2v) is 8.66. The van der Waals surface area contributed by atoms with Gasteiger partial charge in [-0.1, -0.05) is 12.1 Å². The van der Waals surface area contributed by atoms with E-state index in [-0.39, 0.29) is 6.54 Å². The number of carbonyl (C=O) groups is 1. The van der Waals surface area contributed by atoms with Crippen LogP contribution in [-0.2, 0) is 14.8 Å². The molecule has 23 heavy (non-hydrogen) atoms. The molecule has 1 aromatic heterocycles. The van der Waals surface area contributed by atoms with E-state index in [1.54, 1.807) is 11.8 Å². The minimum absolute atomic E-state index is 0.240. The van der Waals surface area contributed by atoms with Crippen LogP contribution in [0.25, 0.3) is 11.3 Å². The summed E-state index contributed by atoms with van der Waals surface area (Å²) in [6.45, 7) is -0.240. The van der Waals surface area contributed by atoms with Gasteiger partial charge in [-0.2, -0.15) is 4.31 Å². The number of aromatic nitrogens is 1. The minimum Gasteiger partial charge on any atom is -0.301 e. The van der Waals surface area contributed by atoms with Gasteiger partial charge in [0.05, 0.1) is 18.5 Å². The Morgan fingerprint density at radius 2 is 2.00 bits per heavy atom. The first-order valence-electron chi connectivity index (χ1n) is 6.60. The monoisotopic (exact) mass is 371 g/mol. The van der Waals surface area contributed by atoms with Gasteiger partial charge < -0.3 is 5.32 Å². The zero-order valence-corrected chi connectivity index (χ0v) is 15.4. The van der Waals surface area contributed by atoms with Gasteiger partial charge in [0.25, 0.3) is 0 Å². The highest BCUT2D eigenvalue weighted by atomic mass is 32.2. The molecule has 0 aliphatic carbocycles.